The van der Waals surface area contributed by atoms with E-state index in [2.05, 4.69) is 73.6 Å². The van der Waals surface area contributed by atoms with Crippen molar-refractivity contribution in [3.8, 4) is 0 Å². The summed E-state index contributed by atoms with van der Waals surface area (Å²) in [6.45, 7) is 4.29. The zero-order valence-electron chi connectivity index (χ0n) is 15.8. The number of hydrogen-bond donors (Lipinski definition) is 0. The van der Waals surface area contributed by atoms with Crippen LogP contribution in [0.1, 0.15) is 44.6 Å². The van der Waals surface area contributed by atoms with Crippen molar-refractivity contribution in [2.75, 3.05) is 39.1 Å². The van der Waals surface area contributed by atoms with Gasteiger partial charge >= 0.3 is 0 Å². The molecule has 24 heavy (non-hydrogen) atoms. The van der Waals surface area contributed by atoms with Gasteiger partial charge in [-0.2, -0.15) is 4.59 Å². The van der Waals surface area contributed by atoms with Crippen LogP contribution in [-0.4, -0.2) is 38.8 Å². The smallest absolute Gasteiger partial charge is 0.149 e. The zero-order valence-corrected chi connectivity index (χ0v) is 15.8. The minimum Gasteiger partial charge on any atom is -0.378 e. The van der Waals surface area contributed by atoms with E-state index in [1.807, 2.05) is 0 Å². The van der Waals surface area contributed by atoms with Crippen LogP contribution in [0.3, 0.4) is 0 Å². The highest BCUT2D eigenvalue weighted by Crippen LogP contribution is 2.22. The Kier molecular flexibility index (Phi) is 6.98. The van der Waals surface area contributed by atoms with Crippen LogP contribution in [0.25, 0.3) is 0 Å². The number of unbranched alkanes of at least 4 members (excludes halogenated alkanes) is 4. The summed E-state index contributed by atoms with van der Waals surface area (Å²) < 4.78 is 0.720. The lowest BCUT2D eigenvalue weighted by Crippen LogP contribution is -2.37. The van der Waals surface area contributed by atoms with Crippen molar-refractivity contribution in [2.24, 2.45) is 10.3 Å². The molecule has 1 aromatic carbocycles. The van der Waals surface area contributed by atoms with Gasteiger partial charge in [-0.1, -0.05) is 49.5 Å². The lowest BCUT2D eigenvalue weighted by Gasteiger charge is -2.20. The third-order valence-corrected chi connectivity index (χ3v) is 4.66. The Morgan fingerprint density at radius 2 is 1.79 bits per heavy atom. The number of anilines is 1. The van der Waals surface area contributed by atoms with Gasteiger partial charge in [0.05, 0.1) is 7.05 Å². The summed E-state index contributed by atoms with van der Waals surface area (Å²) in [6, 6.07) is 8.72. The molecule has 1 aliphatic heterocycles. The molecule has 1 atom stereocenters. The Hall–Kier alpha value is -1.68. The molecule has 0 aliphatic carbocycles. The number of nitrogens with zero attached hydrogens (tertiary/aromatic N) is 4. The molecule has 0 bridgehead atoms. The van der Waals surface area contributed by atoms with E-state index in [0.29, 0.717) is 0 Å². The summed E-state index contributed by atoms with van der Waals surface area (Å²) in [4.78, 5) is 2.12. The van der Waals surface area contributed by atoms with Gasteiger partial charge in [-0.25, -0.2) is 0 Å². The summed E-state index contributed by atoms with van der Waals surface area (Å²) in [7, 11) is 6.32. The molecule has 1 aromatic rings. The van der Waals surface area contributed by atoms with Crippen molar-refractivity contribution in [1.29, 1.82) is 0 Å². The topological polar surface area (TPSA) is 28.0 Å². The quantitative estimate of drug-likeness (QED) is 0.464. The van der Waals surface area contributed by atoms with E-state index in [-0.39, 0.29) is 0 Å². The molecule has 1 heterocycles. The number of hydrogen-bond acceptors (Lipinski definition) is 3. The van der Waals surface area contributed by atoms with E-state index in [1.165, 1.54) is 43.4 Å². The van der Waals surface area contributed by atoms with Crippen LogP contribution < -0.4 is 4.90 Å². The SMILES string of the molecule is CCCCCCC[N+]1(C)CC(=CCc2ccc(N(C)C)cc2)N=N1. The van der Waals surface area contributed by atoms with Crippen LogP contribution in [0.15, 0.2) is 46.4 Å². The maximum Gasteiger partial charge on any atom is 0.149 e. The summed E-state index contributed by atoms with van der Waals surface area (Å²) in [5.41, 5.74) is 3.69. The molecule has 0 N–H and O–H groups in total. The summed E-state index contributed by atoms with van der Waals surface area (Å²) in [5.74, 6) is 0. The van der Waals surface area contributed by atoms with Gasteiger partial charge in [0.15, 0.2) is 0 Å². The Morgan fingerprint density at radius 3 is 2.46 bits per heavy atom. The normalized spacial score (nSPS) is 21.6. The standard InChI is InChI=1S/C20H33N4/c1-5-6-7-8-9-16-24(4)17-19(21-22-24)13-10-18-11-14-20(15-12-18)23(2)3/h11-15H,5-10,16-17H2,1-4H3/q+1. The van der Waals surface area contributed by atoms with Crippen molar-refractivity contribution in [2.45, 2.75) is 45.4 Å². The molecular weight excluding hydrogens is 296 g/mol. The van der Waals surface area contributed by atoms with Crippen LogP contribution in [0.4, 0.5) is 5.69 Å². The van der Waals surface area contributed by atoms with Crippen LogP contribution in [0, 0.1) is 0 Å². The molecule has 2 rings (SSSR count). The summed E-state index contributed by atoms with van der Waals surface area (Å²) >= 11 is 0. The maximum absolute atomic E-state index is 4.50. The first-order chi connectivity index (χ1) is 11.5. The highest BCUT2D eigenvalue weighted by atomic mass is 15.7. The van der Waals surface area contributed by atoms with Crippen molar-refractivity contribution in [3.05, 3.63) is 41.6 Å². The van der Waals surface area contributed by atoms with E-state index in [0.717, 1.165) is 29.8 Å². The molecule has 0 aromatic heterocycles. The first kappa shape index (κ1) is 18.7. The molecule has 0 spiro atoms. The predicted octanol–water partition coefficient (Wildman–Crippen LogP) is 4.98. The average molecular weight is 330 g/mol. The summed E-state index contributed by atoms with van der Waals surface area (Å²) in [6.07, 6.45) is 9.72. The van der Waals surface area contributed by atoms with E-state index >= 15 is 0 Å². The van der Waals surface area contributed by atoms with Crippen molar-refractivity contribution in [1.82, 2.24) is 0 Å². The predicted molar refractivity (Wildman–Crippen MR) is 102 cm³/mol. The Bertz CT molecular complexity index is 560. The van der Waals surface area contributed by atoms with Gasteiger partial charge in [-0.3, -0.25) is 0 Å². The molecule has 4 nitrogen and oxygen atoms in total. The van der Waals surface area contributed by atoms with Gasteiger partial charge in [0.1, 0.15) is 18.8 Å². The van der Waals surface area contributed by atoms with Crippen LogP contribution >= 0.6 is 0 Å². The van der Waals surface area contributed by atoms with E-state index < -0.39 is 0 Å². The van der Waals surface area contributed by atoms with Crippen LogP contribution in [0.5, 0.6) is 0 Å². The van der Waals surface area contributed by atoms with Gasteiger partial charge in [0.2, 0.25) is 0 Å². The Balaban J connectivity index is 1.79. The minimum atomic E-state index is 0.720. The first-order valence-electron chi connectivity index (χ1n) is 9.25. The fourth-order valence-electron chi connectivity index (χ4n) is 3.03. The molecule has 1 aliphatic rings. The van der Waals surface area contributed by atoms with Gasteiger partial charge < -0.3 is 4.90 Å². The summed E-state index contributed by atoms with van der Waals surface area (Å²) in [5, 5.41) is 8.92. The lowest BCUT2D eigenvalue weighted by molar-refractivity contribution is -0.909. The number of likely N-dealkylation sites (N-methyl/N-ethyl adjacent to an activating group) is 1. The van der Waals surface area contributed by atoms with Gasteiger partial charge in [0.25, 0.3) is 0 Å². The van der Waals surface area contributed by atoms with Gasteiger partial charge in [0, 0.05) is 25.0 Å². The fourth-order valence-corrected chi connectivity index (χ4v) is 3.03. The highest BCUT2D eigenvalue weighted by Gasteiger charge is 2.29. The second-order valence-electron chi connectivity index (χ2n) is 7.28. The van der Waals surface area contributed by atoms with Crippen molar-refractivity contribution < 1.29 is 4.59 Å². The molecule has 0 amide bonds. The number of benzene rings is 1. The molecular formula is C20H33N4+. The zero-order chi connectivity index (χ0) is 17.4. The van der Waals surface area contributed by atoms with Crippen LogP contribution in [-0.2, 0) is 6.42 Å². The average Bonchev–Trinajstić information content (AvgIpc) is 2.95. The molecule has 132 valence electrons. The minimum absolute atomic E-state index is 0.720. The number of rotatable bonds is 9. The van der Waals surface area contributed by atoms with E-state index in [9.17, 15) is 0 Å². The third kappa shape index (κ3) is 5.75. The lowest BCUT2D eigenvalue weighted by atomic mass is 10.1. The first-order valence-corrected chi connectivity index (χ1v) is 9.25. The fraction of sp³-hybridized carbons (Fsp3) is 0.600. The number of allylic oxidation sites excluding steroid dienone is 1. The van der Waals surface area contributed by atoms with Crippen molar-refractivity contribution in [3.63, 3.8) is 0 Å². The van der Waals surface area contributed by atoms with Crippen molar-refractivity contribution >= 4 is 5.69 Å². The largest absolute Gasteiger partial charge is 0.378 e. The molecule has 0 fully saturated rings. The second-order valence-corrected chi connectivity index (χ2v) is 7.28. The van der Waals surface area contributed by atoms with E-state index in [1.54, 1.807) is 0 Å². The monoisotopic (exact) mass is 329 g/mol. The van der Waals surface area contributed by atoms with Crippen LogP contribution in [0.2, 0.25) is 0 Å². The Morgan fingerprint density at radius 1 is 1.08 bits per heavy atom. The second kappa shape index (κ2) is 8.97. The molecule has 0 saturated carbocycles. The van der Waals surface area contributed by atoms with E-state index in [4.69, 9.17) is 0 Å². The highest BCUT2D eigenvalue weighted by molar-refractivity contribution is 5.46. The van der Waals surface area contributed by atoms with Gasteiger partial charge in [-0.15, -0.1) is 0 Å². The molecule has 0 saturated heterocycles. The molecule has 1 unspecified atom stereocenters. The van der Waals surface area contributed by atoms with Gasteiger partial charge in [-0.05, 0) is 37.0 Å². The number of quaternary nitrogens is 1. The molecule has 0 radical (unpaired) electrons. The molecule has 4 heteroatoms. The third-order valence-electron chi connectivity index (χ3n) is 4.66. The maximum atomic E-state index is 4.50. The Labute approximate surface area is 147 Å².